The number of nitro groups is 2. The van der Waals surface area contributed by atoms with Gasteiger partial charge in [-0.1, -0.05) is 0 Å². The van der Waals surface area contributed by atoms with Crippen LogP contribution in [0, 0.1) is 20.2 Å². The smallest absolute Gasteiger partial charge is 0.306 e. The van der Waals surface area contributed by atoms with Crippen LogP contribution >= 0.6 is 0 Å². The van der Waals surface area contributed by atoms with Gasteiger partial charge in [-0.15, -0.1) is 0 Å². The molecule has 0 aromatic heterocycles. The van der Waals surface area contributed by atoms with E-state index in [1.165, 1.54) is 32.4 Å². The van der Waals surface area contributed by atoms with Crippen LogP contribution < -0.4 is 18.9 Å². The fraction of sp³-hybridized carbons (Fsp3) is 0.350. The summed E-state index contributed by atoms with van der Waals surface area (Å²) >= 11 is 0. The lowest BCUT2D eigenvalue weighted by Crippen LogP contribution is -2.18. The number of hydrogen-bond acceptors (Lipinski definition) is 10. The molecule has 0 unspecified atom stereocenters. The van der Waals surface area contributed by atoms with E-state index in [-0.39, 0.29) is 53.0 Å². The predicted molar refractivity (Wildman–Crippen MR) is 109 cm³/mol. The average molecular weight is 448 g/mol. The van der Waals surface area contributed by atoms with Gasteiger partial charge < -0.3 is 23.7 Å². The summed E-state index contributed by atoms with van der Waals surface area (Å²) in [5.74, 6) is -1.19. The summed E-state index contributed by atoms with van der Waals surface area (Å²) < 4.78 is 26.1. The van der Waals surface area contributed by atoms with E-state index in [0.29, 0.717) is 0 Å². The van der Waals surface area contributed by atoms with Crippen molar-refractivity contribution in [3.63, 3.8) is 0 Å². The Hall–Kier alpha value is -4.09. The van der Waals surface area contributed by atoms with E-state index in [9.17, 15) is 25.0 Å². The molecule has 170 valence electrons. The Balaban J connectivity index is 2.31. The Morgan fingerprint density at radius 3 is 1.94 bits per heavy atom. The number of carbonyl (C=O) groups is 1. The van der Waals surface area contributed by atoms with Crippen LogP contribution in [0.3, 0.4) is 0 Å². The highest BCUT2D eigenvalue weighted by Crippen LogP contribution is 2.46. The molecule has 12 heteroatoms. The van der Waals surface area contributed by atoms with Crippen molar-refractivity contribution in [3.8, 4) is 23.0 Å². The van der Waals surface area contributed by atoms with Crippen molar-refractivity contribution >= 4 is 17.3 Å². The zero-order chi connectivity index (χ0) is 23.4. The molecule has 1 aliphatic rings. The third-order valence-corrected chi connectivity index (χ3v) is 4.97. The Morgan fingerprint density at radius 1 is 0.906 bits per heavy atom. The van der Waals surface area contributed by atoms with Gasteiger partial charge in [0, 0.05) is 17.0 Å². The number of fused-ring (bicyclic) bond motifs is 1. The molecule has 3 rings (SSSR count). The summed E-state index contributed by atoms with van der Waals surface area (Å²) in [5, 5.41) is 23.7. The second-order valence-corrected chi connectivity index (χ2v) is 6.67. The lowest BCUT2D eigenvalue weighted by molar-refractivity contribution is -0.386. The number of methoxy groups -OCH3 is 3. The number of esters is 1. The normalized spacial score (nSPS) is 13.1. The van der Waals surface area contributed by atoms with Gasteiger partial charge in [-0.05, 0) is 12.1 Å². The van der Waals surface area contributed by atoms with Crippen LogP contribution in [0.1, 0.15) is 23.5 Å². The van der Waals surface area contributed by atoms with Crippen molar-refractivity contribution in [2.45, 2.75) is 12.3 Å². The standard InChI is InChI=1S/C20H20N2O10/c1-28-16-6-12(14(21(24)25)9-17(16)29-2)11(8-20(23)30-3)13-7-18-19(32-5-4-31-18)10-15(13)22(26)27/h6-7,9-11H,4-5,8H2,1-3H3/t11-/m1/s1. The molecule has 0 radical (unpaired) electrons. The van der Waals surface area contributed by atoms with E-state index in [0.717, 1.165) is 13.2 Å². The summed E-state index contributed by atoms with van der Waals surface area (Å²) in [6, 6.07) is 5.01. The van der Waals surface area contributed by atoms with Crippen LogP contribution in [0.15, 0.2) is 24.3 Å². The van der Waals surface area contributed by atoms with Gasteiger partial charge in [-0.2, -0.15) is 0 Å². The Labute approximate surface area is 181 Å². The molecular weight excluding hydrogens is 428 g/mol. The highest BCUT2D eigenvalue weighted by molar-refractivity contribution is 5.74. The fourth-order valence-electron chi connectivity index (χ4n) is 3.49. The largest absolute Gasteiger partial charge is 0.493 e. The van der Waals surface area contributed by atoms with E-state index in [1.807, 2.05) is 0 Å². The molecule has 0 amide bonds. The first kappa shape index (κ1) is 22.6. The van der Waals surface area contributed by atoms with Gasteiger partial charge in [0.15, 0.2) is 23.0 Å². The molecule has 0 saturated heterocycles. The second-order valence-electron chi connectivity index (χ2n) is 6.67. The molecule has 0 saturated carbocycles. The third-order valence-electron chi connectivity index (χ3n) is 4.97. The number of benzene rings is 2. The monoisotopic (exact) mass is 448 g/mol. The Morgan fingerprint density at radius 2 is 1.41 bits per heavy atom. The topological polar surface area (TPSA) is 150 Å². The number of carbonyl (C=O) groups excluding carboxylic acids is 1. The second kappa shape index (κ2) is 9.37. The summed E-state index contributed by atoms with van der Waals surface area (Å²) in [5.41, 5.74) is -0.745. The summed E-state index contributed by atoms with van der Waals surface area (Å²) in [6.45, 7) is 0.443. The van der Waals surface area contributed by atoms with Gasteiger partial charge in [0.25, 0.3) is 11.4 Å². The Bertz CT molecular complexity index is 1010. The highest BCUT2D eigenvalue weighted by atomic mass is 16.6. The van der Waals surface area contributed by atoms with Crippen molar-refractivity contribution in [3.05, 3.63) is 55.6 Å². The van der Waals surface area contributed by atoms with Crippen LogP contribution in [0.25, 0.3) is 0 Å². The molecule has 1 aliphatic heterocycles. The molecule has 1 heterocycles. The van der Waals surface area contributed by atoms with Gasteiger partial charge in [-0.3, -0.25) is 25.0 Å². The Kier molecular flexibility index (Phi) is 6.61. The van der Waals surface area contributed by atoms with E-state index in [4.69, 9.17) is 23.7 Å². The highest BCUT2D eigenvalue weighted by Gasteiger charge is 2.35. The lowest BCUT2D eigenvalue weighted by atomic mass is 9.85. The maximum Gasteiger partial charge on any atom is 0.306 e. The minimum atomic E-state index is -1.13. The number of rotatable bonds is 8. The number of ether oxygens (including phenoxy) is 5. The maximum atomic E-state index is 12.2. The number of nitrogens with zero attached hydrogens (tertiary/aromatic N) is 2. The van der Waals surface area contributed by atoms with E-state index >= 15 is 0 Å². The molecule has 32 heavy (non-hydrogen) atoms. The van der Waals surface area contributed by atoms with Crippen LogP contribution in [-0.2, 0) is 9.53 Å². The quantitative estimate of drug-likeness (QED) is 0.335. The zero-order valence-corrected chi connectivity index (χ0v) is 17.5. The van der Waals surface area contributed by atoms with Crippen molar-refractivity contribution in [1.29, 1.82) is 0 Å². The first-order valence-electron chi connectivity index (χ1n) is 9.35. The van der Waals surface area contributed by atoms with Crippen LogP contribution in [0.4, 0.5) is 11.4 Å². The van der Waals surface area contributed by atoms with Crippen LogP contribution in [0.5, 0.6) is 23.0 Å². The molecular formula is C20H20N2O10. The summed E-state index contributed by atoms with van der Waals surface area (Å²) in [4.78, 5) is 34.6. The van der Waals surface area contributed by atoms with Crippen molar-refractivity contribution in [1.82, 2.24) is 0 Å². The fourth-order valence-corrected chi connectivity index (χ4v) is 3.49. The molecule has 1 atom stereocenters. The first-order valence-corrected chi connectivity index (χ1v) is 9.35. The number of hydrogen-bond donors (Lipinski definition) is 0. The molecule has 12 nitrogen and oxygen atoms in total. The van der Waals surface area contributed by atoms with Crippen LogP contribution in [0.2, 0.25) is 0 Å². The molecule has 0 N–H and O–H groups in total. The van der Waals surface area contributed by atoms with Crippen molar-refractivity contribution in [2.75, 3.05) is 34.5 Å². The minimum Gasteiger partial charge on any atom is -0.493 e. The maximum absolute atomic E-state index is 12.2. The van der Waals surface area contributed by atoms with E-state index in [2.05, 4.69) is 0 Å². The van der Waals surface area contributed by atoms with Gasteiger partial charge in [0.05, 0.1) is 49.7 Å². The van der Waals surface area contributed by atoms with Crippen molar-refractivity contribution < 1.29 is 38.3 Å². The molecule has 0 bridgehead atoms. The van der Waals surface area contributed by atoms with Crippen LogP contribution in [-0.4, -0.2) is 50.4 Å². The van der Waals surface area contributed by atoms with Gasteiger partial charge in [0.1, 0.15) is 13.2 Å². The van der Waals surface area contributed by atoms with E-state index in [1.54, 1.807) is 0 Å². The molecule has 0 aliphatic carbocycles. The van der Waals surface area contributed by atoms with Gasteiger partial charge >= 0.3 is 5.97 Å². The zero-order valence-electron chi connectivity index (χ0n) is 17.5. The third kappa shape index (κ3) is 4.33. The van der Waals surface area contributed by atoms with Gasteiger partial charge in [-0.25, -0.2) is 0 Å². The van der Waals surface area contributed by atoms with E-state index < -0.39 is 33.8 Å². The number of nitro benzene ring substituents is 2. The lowest BCUT2D eigenvalue weighted by Gasteiger charge is -2.22. The van der Waals surface area contributed by atoms with Gasteiger partial charge in [0.2, 0.25) is 0 Å². The SMILES string of the molecule is COC(=O)C[C@H](c1cc(OC)c(OC)cc1[N+](=O)[O-])c1cc2c(cc1[N+](=O)[O-])OCCO2. The molecule has 2 aromatic carbocycles. The summed E-state index contributed by atoms with van der Waals surface area (Å²) in [6.07, 6.45) is -0.409. The predicted octanol–water partition coefficient (Wildman–Crippen LogP) is 2.99. The minimum absolute atomic E-state index is 0.0119. The first-order chi connectivity index (χ1) is 15.3. The molecule has 2 aromatic rings. The average Bonchev–Trinajstić information content (AvgIpc) is 2.80. The molecule has 0 fully saturated rings. The summed E-state index contributed by atoms with van der Waals surface area (Å²) in [7, 11) is 3.81. The van der Waals surface area contributed by atoms with Crippen molar-refractivity contribution in [2.24, 2.45) is 0 Å². The molecule has 0 spiro atoms.